The predicted octanol–water partition coefficient (Wildman–Crippen LogP) is 2.77. The average molecular weight is 233 g/mol. The second kappa shape index (κ2) is 5.07. The number of thioether (sulfide) groups is 1. The Hall–Kier alpha value is -1.42. The Morgan fingerprint density at radius 1 is 1.31 bits per heavy atom. The van der Waals surface area contributed by atoms with Crippen molar-refractivity contribution in [2.45, 2.75) is 10.9 Å². The van der Waals surface area contributed by atoms with Crippen LogP contribution < -0.4 is 4.90 Å². The highest BCUT2D eigenvalue weighted by Crippen LogP contribution is 2.25. The molecule has 1 heterocycles. The molecule has 0 saturated heterocycles. The van der Waals surface area contributed by atoms with Gasteiger partial charge in [0.05, 0.1) is 0 Å². The minimum absolute atomic E-state index is 0.932. The van der Waals surface area contributed by atoms with Crippen LogP contribution >= 0.6 is 11.8 Å². The Morgan fingerprint density at radius 2 is 2.12 bits per heavy atom. The summed E-state index contributed by atoms with van der Waals surface area (Å²) in [5.41, 5.74) is 2.59. The van der Waals surface area contributed by atoms with Crippen LogP contribution in [0.2, 0.25) is 0 Å². The number of aromatic nitrogens is 2. The van der Waals surface area contributed by atoms with Crippen molar-refractivity contribution in [3.8, 4) is 0 Å². The molecular weight excluding hydrogens is 218 g/mol. The first kappa shape index (κ1) is 11.1. The van der Waals surface area contributed by atoms with Gasteiger partial charge in [0.2, 0.25) is 0 Å². The van der Waals surface area contributed by atoms with Crippen molar-refractivity contribution in [3.05, 3.63) is 42.2 Å². The summed E-state index contributed by atoms with van der Waals surface area (Å²) in [4.78, 5) is 9.43. The number of H-pyrrole nitrogens is 1. The molecule has 0 spiro atoms. The van der Waals surface area contributed by atoms with E-state index in [0.29, 0.717) is 0 Å². The maximum atomic E-state index is 4.20. The number of hydrogen-bond acceptors (Lipinski definition) is 3. The van der Waals surface area contributed by atoms with Crippen LogP contribution in [0, 0.1) is 0 Å². The summed E-state index contributed by atoms with van der Waals surface area (Å²) in [6, 6.07) is 8.44. The van der Waals surface area contributed by atoms with E-state index in [-0.39, 0.29) is 0 Å². The minimum atomic E-state index is 0.932. The van der Waals surface area contributed by atoms with Crippen LogP contribution in [0.3, 0.4) is 0 Å². The van der Waals surface area contributed by atoms with E-state index in [1.807, 2.05) is 6.20 Å². The van der Waals surface area contributed by atoms with Crippen molar-refractivity contribution in [1.82, 2.24) is 9.97 Å². The summed E-state index contributed by atoms with van der Waals surface area (Å²) in [5.74, 6) is 0.932. The van der Waals surface area contributed by atoms with Gasteiger partial charge in [0.15, 0.2) is 5.16 Å². The lowest BCUT2D eigenvalue weighted by Gasteiger charge is -2.16. The first-order valence-electron chi connectivity index (χ1n) is 5.15. The average Bonchev–Trinajstić information content (AvgIpc) is 2.79. The molecule has 16 heavy (non-hydrogen) atoms. The maximum Gasteiger partial charge on any atom is 0.165 e. The molecule has 1 aromatic heterocycles. The predicted molar refractivity (Wildman–Crippen MR) is 68.9 cm³/mol. The van der Waals surface area contributed by atoms with Crippen LogP contribution in [-0.2, 0) is 5.75 Å². The van der Waals surface area contributed by atoms with Crippen molar-refractivity contribution in [2.24, 2.45) is 0 Å². The Morgan fingerprint density at radius 3 is 2.81 bits per heavy atom. The van der Waals surface area contributed by atoms with Gasteiger partial charge >= 0.3 is 0 Å². The highest BCUT2D eigenvalue weighted by molar-refractivity contribution is 7.98. The number of para-hydroxylation sites is 1. The van der Waals surface area contributed by atoms with E-state index in [2.05, 4.69) is 53.2 Å². The zero-order valence-electron chi connectivity index (χ0n) is 9.47. The Labute approximate surface area is 99.9 Å². The Bertz CT molecular complexity index is 437. The third-order valence-corrected chi connectivity index (χ3v) is 3.26. The van der Waals surface area contributed by atoms with Crippen molar-refractivity contribution in [2.75, 3.05) is 19.0 Å². The van der Waals surface area contributed by atoms with Crippen LogP contribution in [0.15, 0.2) is 41.8 Å². The van der Waals surface area contributed by atoms with E-state index in [1.54, 1.807) is 18.0 Å². The standard InChI is InChI=1S/C12H15N3S/c1-15(2)11-6-4-3-5-10(11)9-16-12-13-7-8-14-12/h3-8H,9H2,1-2H3,(H,13,14). The zero-order chi connectivity index (χ0) is 11.4. The second-order valence-corrected chi connectivity index (χ2v) is 4.67. The number of nitrogens with one attached hydrogen (secondary N) is 1. The van der Waals surface area contributed by atoms with Crippen LogP contribution in [0.1, 0.15) is 5.56 Å². The molecule has 0 aliphatic carbocycles. The zero-order valence-corrected chi connectivity index (χ0v) is 10.3. The summed E-state index contributed by atoms with van der Waals surface area (Å²) < 4.78 is 0. The number of aromatic amines is 1. The number of nitrogens with zero attached hydrogens (tertiary/aromatic N) is 2. The van der Waals surface area contributed by atoms with Crippen molar-refractivity contribution >= 4 is 17.4 Å². The number of benzene rings is 1. The summed E-state index contributed by atoms with van der Waals surface area (Å²) >= 11 is 1.72. The lowest BCUT2D eigenvalue weighted by molar-refractivity contribution is 1.05. The molecule has 0 fully saturated rings. The summed E-state index contributed by atoms with van der Waals surface area (Å²) in [5, 5.41) is 0.966. The van der Waals surface area contributed by atoms with Gasteiger partial charge in [0.1, 0.15) is 0 Å². The van der Waals surface area contributed by atoms with Gasteiger partial charge in [-0.25, -0.2) is 4.98 Å². The molecule has 3 nitrogen and oxygen atoms in total. The van der Waals surface area contributed by atoms with E-state index in [0.717, 1.165) is 10.9 Å². The van der Waals surface area contributed by atoms with Gasteiger partial charge in [-0.1, -0.05) is 30.0 Å². The second-order valence-electron chi connectivity index (χ2n) is 3.71. The Kier molecular flexibility index (Phi) is 3.51. The molecule has 2 aromatic rings. The summed E-state index contributed by atoms with van der Waals surface area (Å²) in [6.07, 6.45) is 3.63. The molecule has 4 heteroatoms. The van der Waals surface area contributed by atoms with Gasteiger partial charge < -0.3 is 9.88 Å². The van der Waals surface area contributed by atoms with Crippen LogP contribution in [-0.4, -0.2) is 24.1 Å². The monoisotopic (exact) mass is 233 g/mol. The van der Waals surface area contributed by atoms with E-state index in [4.69, 9.17) is 0 Å². The fourth-order valence-electron chi connectivity index (χ4n) is 1.55. The molecule has 84 valence electrons. The molecule has 0 radical (unpaired) electrons. The van der Waals surface area contributed by atoms with Gasteiger partial charge in [-0.2, -0.15) is 0 Å². The molecule has 0 atom stereocenters. The van der Waals surface area contributed by atoms with Gasteiger partial charge in [-0.15, -0.1) is 0 Å². The summed E-state index contributed by atoms with van der Waals surface area (Å²) in [7, 11) is 4.13. The normalized spacial score (nSPS) is 10.4. The van der Waals surface area contributed by atoms with E-state index in [1.165, 1.54) is 11.3 Å². The van der Waals surface area contributed by atoms with Gasteiger partial charge in [0, 0.05) is 37.9 Å². The molecule has 0 amide bonds. The molecule has 0 unspecified atom stereocenters. The largest absolute Gasteiger partial charge is 0.377 e. The topological polar surface area (TPSA) is 31.9 Å². The van der Waals surface area contributed by atoms with Crippen molar-refractivity contribution in [1.29, 1.82) is 0 Å². The molecule has 1 N–H and O–H groups in total. The highest BCUT2D eigenvalue weighted by Gasteiger charge is 2.04. The van der Waals surface area contributed by atoms with E-state index < -0.39 is 0 Å². The third kappa shape index (κ3) is 2.58. The van der Waals surface area contributed by atoms with Crippen LogP contribution in [0.4, 0.5) is 5.69 Å². The SMILES string of the molecule is CN(C)c1ccccc1CSc1ncc[nH]1. The maximum absolute atomic E-state index is 4.20. The Balaban J connectivity index is 2.09. The van der Waals surface area contributed by atoms with E-state index >= 15 is 0 Å². The smallest absolute Gasteiger partial charge is 0.165 e. The number of anilines is 1. The fraction of sp³-hybridized carbons (Fsp3) is 0.250. The van der Waals surface area contributed by atoms with Crippen molar-refractivity contribution in [3.63, 3.8) is 0 Å². The first-order chi connectivity index (χ1) is 7.77. The number of imidazole rings is 1. The lowest BCUT2D eigenvalue weighted by Crippen LogP contribution is -2.10. The molecule has 1 aromatic carbocycles. The van der Waals surface area contributed by atoms with Crippen LogP contribution in [0.5, 0.6) is 0 Å². The van der Waals surface area contributed by atoms with Gasteiger partial charge in [0.25, 0.3) is 0 Å². The lowest BCUT2D eigenvalue weighted by atomic mass is 10.2. The summed E-state index contributed by atoms with van der Waals surface area (Å²) in [6.45, 7) is 0. The number of rotatable bonds is 4. The van der Waals surface area contributed by atoms with Crippen molar-refractivity contribution < 1.29 is 0 Å². The number of hydrogen-bond donors (Lipinski definition) is 1. The fourth-order valence-corrected chi connectivity index (χ4v) is 2.37. The molecule has 2 rings (SSSR count). The highest BCUT2D eigenvalue weighted by atomic mass is 32.2. The molecule has 0 aliphatic heterocycles. The molecule has 0 saturated carbocycles. The van der Waals surface area contributed by atoms with Gasteiger partial charge in [-0.05, 0) is 11.6 Å². The molecule has 0 bridgehead atoms. The minimum Gasteiger partial charge on any atom is -0.377 e. The third-order valence-electron chi connectivity index (χ3n) is 2.31. The molecule has 0 aliphatic rings. The van der Waals surface area contributed by atoms with E-state index in [9.17, 15) is 0 Å². The van der Waals surface area contributed by atoms with Crippen LogP contribution in [0.25, 0.3) is 0 Å². The molecular formula is C12H15N3S. The first-order valence-corrected chi connectivity index (χ1v) is 6.13. The quantitative estimate of drug-likeness (QED) is 0.824. The van der Waals surface area contributed by atoms with Gasteiger partial charge in [-0.3, -0.25) is 0 Å².